The third kappa shape index (κ3) is 3.82. The monoisotopic (exact) mass is 335 g/mol. The second kappa shape index (κ2) is 6.98. The summed E-state index contributed by atoms with van der Waals surface area (Å²) in [5.74, 6) is 0. The van der Waals surface area contributed by atoms with E-state index in [0.29, 0.717) is 5.69 Å². The van der Waals surface area contributed by atoms with Gasteiger partial charge in [-0.15, -0.1) is 0 Å². The summed E-state index contributed by atoms with van der Waals surface area (Å²) in [5, 5.41) is 9.84. The minimum absolute atomic E-state index is 0.631. The molecule has 0 radical (unpaired) electrons. The maximum atomic E-state index is 12.0. The lowest BCUT2D eigenvalue weighted by Crippen LogP contribution is -2.45. The number of allylic oxidation sites excluding steroid dienone is 2. The lowest BCUT2D eigenvalue weighted by Gasteiger charge is -2.37. The molecule has 3 heteroatoms. The van der Waals surface area contributed by atoms with Crippen LogP contribution in [0.5, 0.6) is 0 Å². The first-order chi connectivity index (χ1) is 11.6. The van der Waals surface area contributed by atoms with Crippen LogP contribution in [0, 0.1) is 0 Å². The molecule has 0 aliphatic carbocycles. The number of rotatable bonds is 5. The van der Waals surface area contributed by atoms with Crippen molar-refractivity contribution in [3.8, 4) is 0 Å². The molecule has 0 saturated carbocycles. The van der Waals surface area contributed by atoms with Crippen molar-refractivity contribution >= 4 is 22.9 Å². The Hall–Kier alpha value is -2.81. The molecule has 0 fully saturated rings. The summed E-state index contributed by atoms with van der Waals surface area (Å²) in [6.45, 7) is 15.5. The Morgan fingerprint density at radius 2 is 1.28 bits per heavy atom. The van der Waals surface area contributed by atoms with Crippen molar-refractivity contribution < 1.29 is 9.90 Å². The van der Waals surface area contributed by atoms with Crippen LogP contribution in [0.3, 0.4) is 0 Å². The zero-order valence-corrected chi connectivity index (χ0v) is 15.3. The maximum Gasteiger partial charge on any atom is 0.412 e. The topological polar surface area (TPSA) is 40.5 Å². The zero-order valence-electron chi connectivity index (χ0n) is 15.3. The van der Waals surface area contributed by atoms with Gasteiger partial charge in [0.1, 0.15) is 0 Å². The molecule has 0 atom stereocenters. The molecular weight excluding hydrogens is 310 g/mol. The van der Waals surface area contributed by atoms with Gasteiger partial charge in [0, 0.05) is 5.69 Å². The number of amides is 1. The van der Waals surface area contributed by atoms with E-state index in [1.165, 1.54) is 4.90 Å². The number of nitrogens with zero attached hydrogens (tertiary/aromatic N) is 1. The van der Waals surface area contributed by atoms with Crippen LogP contribution < -0.4 is 4.90 Å². The summed E-state index contributed by atoms with van der Waals surface area (Å²) in [6, 6.07) is 15.3. The lowest BCUT2D eigenvalue weighted by atomic mass is 9.90. The Labute approximate surface area is 149 Å². The Bertz CT molecular complexity index is 799. The van der Waals surface area contributed by atoms with E-state index in [-0.39, 0.29) is 0 Å². The quantitative estimate of drug-likeness (QED) is 0.709. The van der Waals surface area contributed by atoms with E-state index in [0.717, 1.165) is 27.8 Å². The highest BCUT2D eigenvalue weighted by molar-refractivity contribution is 5.88. The second-order valence-electron chi connectivity index (χ2n) is 6.86. The minimum atomic E-state index is -0.989. The van der Waals surface area contributed by atoms with Crippen molar-refractivity contribution in [3.63, 3.8) is 0 Å². The van der Waals surface area contributed by atoms with E-state index in [2.05, 4.69) is 13.2 Å². The smallest absolute Gasteiger partial charge is 0.412 e. The van der Waals surface area contributed by atoms with Gasteiger partial charge in [0.2, 0.25) is 0 Å². The fourth-order valence-corrected chi connectivity index (χ4v) is 2.86. The van der Waals surface area contributed by atoms with E-state index in [4.69, 9.17) is 0 Å². The van der Waals surface area contributed by atoms with E-state index in [9.17, 15) is 9.90 Å². The van der Waals surface area contributed by atoms with Gasteiger partial charge in [0.05, 0.1) is 5.54 Å². The lowest BCUT2D eigenvalue weighted by molar-refractivity contribution is 0.194. The molecular formula is C22H25NO2. The summed E-state index contributed by atoms with van der Waals surface area (Å²) in [5.41, 5.74) is 4.81. The van der Waals surface area contributed by atoms with E-state index in [1.807, 2.05) is 76.2 Å². The fourth-order valence-electron chi connectivity index (χ4n) is 2.86. The predicted octanol–water partition coefficient (Wildman–Crippen LogP) is 6.17. The Morgan fingerprint density at radius 1 is 0.880 bits per heavy atom. The van der Waals surface area contributed by atoms with Crippen LogP contribution in [-0.2, 0) is 5.54 Å². The van der Waals surface area contributed by atoms with Gasteiger partial charge in [-0.25, -0.2) is 4.79 Å². The van der Waals surface area contributed by atoms with Gasteiger partial charge in [-0.3, -0.25) is 4.90 Å². The van der Waals surface area contributed by atoms with E-state index in [1.54, 1.807) is 0 Å². The third-order valence-corrected chi connectivity index (χ3v) is 4.45. The minimum Gasteiger partial charge on any atom is -0.465 e. The van der Waals surface area contributed by atoms with Gasteiger partial charge in [0.15, 0.2) is 0 Å². The molecule has 130 valence electrons. The number of anilines is 1. The molecule has 0 heterocycles. The van der Waals surface area contributed by atoms with E-state index < -0.39 is 11.6 Å². The molecule has 1 amide bonds. The van der Waals surface area contributed by atoms with Crippen molar-refractivity contribution in [3.05, 3.63) is 78.4 Å². The summed E-state index contributed by atoms with van der Waals surface area (Å²) >= 11 is 0. The number of benzene rings is 2. The molecule has 25 heavy (non-hydrogen) atoms. The number of carboxylic acid groups (broad SMARTS) is 1. The molecule has 2 rings (SSSR count). The molecule has 0 unspecified atom stereocenters. The van der Waals surface area contributed by atoms with Crippen molar-refractivity contribution in [2.24, 2.45) is 0 Å². The Balaban J connectivity index is 2.45. The van der Waals surface area contributed by atoms with Gasteiger partial charge in [-0.05, 0) is 56.5 Å². The Kier molecular flexibility index (Phi) is 5.17. The van der Waals surface area contributed by atoms with E-state index >= 15 is 0 Å². The number of hydrogen-bond acceptors (Lipinski definition) is 1. The average molecular weight is 335 g/mol. The van der Waals surface area contributed by atoms with Crippen molar-refractivity contribution in [2.75, 3.05) is 4.90 Å². The first kappa shape index (κ1) is 18.5. The van der Waals surface area contributed by atoms with Crippen LogP contribution >= 0.6 is 0 Å². The first-order valence-electron chi connectivity index (χ1n) is 8.20. The van der Waals surface area contributed by atoms with Crippen molar-refractivity contribution in [2.45, 2.75) is 33.2 Å². The van der Waals surface area contributed by atoms with Gasteiger partial charge >= 0.3 is 6.09 Å². The van der Waals surface area contributed by atoms with Gasteiger partial charge < -0.3 is 5.11 Å². The van der Waals surface area contributed by atoms with Gasteiger partial charge in [-0.1, -0.05) is 60.7 Å². The molecule has 0 aliphatic heterocycles. The Morgan fingerprint density at radius 3 is 1.64 bits per heavy atom. The molecule has 2 aromatic rings. The van der Waals surface area contributed by atoms with Crippen LogP contribution in [-0.4, -0.2) is 11.2 Å². The molecule has 0 aliphatic rings. The number of hydrogen-bond donors (Lipinski definition) is 1. The van der Waals surface area contributed by atoms with Crippen LogP contribution in [0.4, 0.5) is 10.5 Å². The first-order valence-corrected chi connectivity index (χ1v) is 8.20. The summed E-state index contributed by atoms with van der Waals surface area (Å²) in [4.78, 5) is 13.4. The predicted molar refractivity (Wildman–Crippen MR) is 106 cm³/mol. The second-order valence-corrected chi connectivity index (χ2v) is 6.86. The highest BCUT2D eigenvalue weighted by Gasteiger charge is 2.34. The molecule has 3 nitrogen and oxygen atoms in total. The molecule has 1 N–H and O–H groups in total. The highest BCUT2D eigenvalue weighted by atomic mass is 16.4. The summed E-state index contributed by atoms with van der Waals surface area (Å²) in [7, 11) is 0. The maximum absolute atomic E-state index is 12.0. The van der Waals surface area contributed by atoms with Crippen molar-refractivity contribution in [1.82, 2.24) is 0 Å². The normalized spacial score (nSPS) is 11.0. The SMILES string of the molecule is C=C(C)c1ccc(N(C(=O)O)C(C)(C)c2ccc(C(=C)C)cc2)cc1. The summed E-state index contributed by atoms with van der Waals surface area (Å²) < 4.78 is 0. The zero-order chi connectivity index (χ0) is 18.8. The van der Waals surface area contributed by atoms with Crippen LogP contribution in [0.25, 0.3) is 11.1 Å². The summed E-state index contributed by atoms with van der Waals surface area (Å²) in [6.07, 6.45) is -0.989. The molecule has 0 bridgehead atoms. The fraction of sp³-hybridized carbons (Fsp3) is 0.227. The van der Waals surface area contributed by atoms with Crippen LogP contribution in [0.2, 0.25) is 0 Å². The number of carbonyl (C=O) groups is 1. The van der Waals surface area contributed by atoms with Crippen LogP contribution in [0.1, 0.15) is 44.4 Å². The largest absolute Gasteiger partial charge is 0.465 e. The third-order valence-electron chi connectivity index (χ3n) is 4.45. The molecule has 0 spiro atoms. The van der Waals surface area contributed by atoms with Crippen LogP contribution in [0.15, 0.2) is 61.7 Å². The highest BCUT2D eigenvalue weighted by Crippen LogP contribution is 2.34. The average Bonchev–Trinajstić information content (AvgIpc) is 2.55. The van der Waals surface area contributed by atoms with Gasteiger partial charge in [-0.2, -0.15) is 0 Å². The molecule has 2 aromatic carbocycles. The van der Waals surface area contributed by atoms with Gasteiger partial charge in [0.25, 0.3) is 0 Å². The standard InChI is InChI=1S/C22H25NO2/c1-15(2)17-7-11-19(12-8-17)22(5,6)23(21(24)25)20-13-9-18(10-14-20)16(3)4/h7-14H,1,3H2,2,4-6H3,(H,24,25). The molecule has 0 saturated heterocycles. The van der Waals surface area contributed by atoms with Crippen molar-refractivity contribution in [1.29, 1.82) is 0 Å². The molecule has 0 aromatic heterocycles.